The Balaban J connectivity index is 1.72. The van der Waals surface area contributed by atoms with Crippen molar-refractivity contribution in [3.8, 4) is 0 Å². The summed E-state index contributed by atoms with van der Waals surface area (Å²) in [5.74, 6) is -1.22. The Morgan fingerprint density at radius 3 is 2.13 bits per heavy atom. The van der Waals surface area contributed by atoms with Crippen LogP contribution in [-0.4, -0.2) is 70.6 Å². The largest absolute Gasteiger partial charge is 0.378 e. The first kappa shape index (κ1) is 21.6. The number of rotatable bonds is 6. The van der Waals surface area contributed by atoms with Gasteiger partial charge in [0.25, 0.3) is 0 Å². The maximum absolute atomic E-state index is 12.0. The zero-order chi connectivity index (χ0) is 21.5. The van der Waals surface area contributed by atoms with Crippen molar-refractivity contribution in [1.29, 1.82) is 0 Å². The number of nitrogens with one attached hydrogen (secondary N) is 2. The molecule has 0 radical (unpaired) electrons. The van der Waals surface area contributed by atoms with E-state index in [4.69, 9.17) is 0 Å². The third kappa shape index (κ3) is 5.30. The van der Waals surface area contributed by atoms with Gasteiger partial charge >= 0.3 is 11.8 Å². The van der Waals surface area contributed by atoms with Crippen molar-refractivity contribution in [2.24, 2.45) is 0 Å². The summed E-state index contributed by atoms with van der Waals surface area (Å²) in [6.45, 7) is 3.98. The van der Waals surface area contributed by atoms with Gasteiger partial charge in [0.05, 0.1) is 6.04 Å². The molecule has 1 aliphatic heterocycles. The molecule has 1 saturated heterocycles. The molecule has 0 spiro atoms. The van der Waals surface area contributed by atoms with Crippen molar-refractivity contribution in [2.75, 3.05) is 63.7 Å². The minimum atomic E-state index is -0.620. The molecule has 7 heteroatoms. The number of hydrogen-bond donors (Lipinski definition) is 2. The molecule has 1 atom stereocenters. The van der Waals surface area contributed by atoms with Crippen LogP contribution in [0, 0.1) is 0 Å². The topological polar surface area (TPSA) is 67.9 Å². The highest BCUT2D eigenvalue weighted by molar-refractivity contribution is 6.35. The lowest BCUT2D eigenvalue weighted by Crippen LogP contribution is -2.50. The van der Waals surface area contributed by atoms with Gasteiger partial charge in [-0.05, 0) is 29.8 Å². The number of amides is 2. The van der Waals surface area contributed by atoms with Crippen LogP contribution in [0.3, 0.4) is 0 Å². The van der Waals surface area contributed by atoms with E-state index in [1.54, 1.807) is 0 Å². The number of nitrogens with zero attached hydrogens (tertiary/aromatic N) is 3. The van der Waals surface area contributed by atoms with E-state index >= 15 is 0 Å². The number of benzene rings is 2. The summed E-state index contributed by atoms with van der Waals surface area (Å²) in [4.78, 5) is 30.4. The average Bonchev–Trinajstić information content (AvgIpc) is 2.79. The lowest BCUT2D eigenvalue weighted by molar-refractivity contribution is -0.139. The molecule has 2 amide bonds. The molecule has 160 valence electrons. The van der Waals surface area contributed by atoms with Crippen molar-refractivity contribution in [2.45, 2.75) is 6.04 Å². The molecule has 1 fully saturated rings. The molecule has 0 aliphatic carbocycles. The predicted octanol–water partition coefficient (Wildman–Crippen LogP) is 1.48. The summed E-state index contributed by atoms with van der Waals surface area (Å²) >= 11 is 0. The SMILES string of the molecule is CNC(=O)C(=O)NC[C@H](c1ccc(N(C)C)cc1)N1CCN(c2ccccc2)CC1. The molecule has 0 unspecified atom stereocenters. The smallest absolute Gasteiger partial charge is 0.309 e. The normalized spacial score (nSPS) is 15.4. The molecule has 30 heavy (non-hydrogen) atoms. The first-order valence-corrected chi connectivity index (χ1v) is 10.3. The van der Waals surface area contributed by atoms with Crippen LogP contribution < -0.4 is 20.4 Å². The lowest BCUT2D eigenvalue weighted by atomic mass is 10.0. The van der Waals surface area contributed by atoms with E-state index < -0.39 is 11.8 Å². The van der Waals surface area contributed by atoms with Gasteiger partial charge in [-0.15, -0.1) is 0 Å². The molecule has 2 aromatic rings. The van der Waals surface area contributed by atoms with Gasteiger partial charge in [-0.1, -0.05) is 30.3 Å². The quantitative estimate of drug-likeness (QED) is 0.708. The monoisotopic (exact) mass is 409 g/mol. The standard InChI is InChI=1S/C23H31N5O2/c1-24-22(29)23(30)25-17-21(18-9-11-19(12-10-18)26(2)3)28-15-13-27(14-16-28)20-7-5-4-6-8-20/h4-12,21H,13-17H2,1-3H3,(H,24,29)(H,25,30)/t21-/m1/s1. The molecule has 7 nitrogen and oxygen atoms in total. The first-order chi connectivity index (χ1) is 14.5. The Labute approximate surface area is 178 Å². The van der Waals surface area contributed by atoms with Crippen LogP contribution in [0.5, 0.6) is 0 Å². The molecule has 1 heterocycles. The fourth-order valence-corrected chi connectivity index (χ4v) is 3.77. The van der Waals surface area contributed by atoms with Gasteiger partial charge in [-0.2, -0.15) is 0 Å². The van der Waals surface area contributed by atoms with Crippen LogP contribution in [0.25, 0.3) is 0 Å². The minimum absolute atomic E-state index is 0.00717. The van der Waals surface area contributed by atoms with E-state index in [0.29, 0.717) is 6.54 Å². The van der Waals surface area contributed by atoms with E-state index in [0.717, 1.165) is 37.4 Å². The number of anilines is 2. The summed E-state index contributed by atoms with van der Waals surface area (Å²) in [7, 11) is 5.49. The van der Waals surface area contributed by atoms with E-state index in [-0.39, 0.29) is 6.04 Å². The summed E-state index contributed by atoms with van der Waals surface area (Å²) in [5.41, 5.74) is 3.49. The van der Waals surface area contributed by atoms with E-state index in [9.17, 15) is 9.59 Å². The summed E-state index contributed by atoms with van der Waals surface area (Å²) in [6, 6.07) is 18.8. The number of likely N-dealkylation sites (N-methyl/N-ethyl adjacent to an activating group) is 1. The van der Waals surface area contributed by atoms with Crippen molar-refractivity contribution >= 4 is 23.2 Å². The van der Waals surface area contributed by atoms with Gasteiger partial charge in [-0.25, -0.2) is 0 Å². The van der Waals surface area contributed by atoms with Crippen LogP contribution >= 0.6 is 0 Å². The van der Waals surface area contributed by atoms with Crippen molar-refractivity contribution < 1.29 is 9.59 Å². The molecule has 2 aromatic carbocycles. The van der Waals surface area contributed by atoms with E-state index in [2.05, 4.69) is 73.9 Å². The van der Waals surface area contributed by atoms with E-state index in [1.807, 2.05) is 20.2 Å². The number of piperazine rings is 1. The van der Waals surface area contributed by atoms with Crippen molar-refractivity contribution in [1.82, 2.24) is 15.5 Å². The molecule has 2 N–H and O–H groups in total. The molecule has 3 rings (SSSR count). The average molecular weight is 410 g/mol. The molecule has 1 aliphatic rings. The fourth-order valence-electron chi connectivity index (χ4n) is 3.77. The Kier molecular flexibility index (Phi) is 7.30. The van der Waals surface area contributed by atoms with Crippen LogP contribution in [0.4, 0.5) is 11.4 Å². The number of hydrogen-bond acceptors (Lipinski definition) is 5. The second-order valence-electron chi connectivity index (χ2n) is 7.65. The van der Waals surface area contributed by atoms with Gasteiger partial charge in [-0.3, -0.25) is 14.5 Å². The summed E-state index contributed by atoms with van der Waals surface area (Å²) in [5, 5.41) is 5.17. The number of carbonyl (C=O) groups excluding carboxylic acids is 2. The van der Waals surface area contributed by atoms with Gasteiger partial charge in [0, 0.05) is 65.2 Å². The molecular formula is C23H31N5O2. The second kappa shape index (κ2) is 10.1. The molecule has 0 saturated carbocycles. The Morgan fingerprint density at radius 1 is 0.933 bits per heavy atom. The zero-order valence-corrected chi connectivity index (χ0v) is 18.0. The van der Waals surface area contributed by atoms with Gasteiger partial charge in [0.15, 0.2) is 0 Å². The molecular weight excluding hydrogens is 378 g/mol. The van der Waals surface area contributed by atoms with Gasteiger partial charge < -0.3 is 20.4 Å². The van der Waals surface area contributed by atoms with Crippen LogP contribution in [0.2, 0.25) is 0 Å². The third-order valence-corrected chi connectivity index (χ3v) is 5.56. The minimum Gasteiger partial charge on any atom is -0.378 e. The molecule has 0 bridgehead atoms. The lowest BCUT2D eigenvalue weighted by Gasteiger charge is -2.40. The Hall–Kier alpha value is -3.06. The maximum atomic E-state index is 12.0. The number of carbonyl (C=O) groups is 2. The highest BCUT2D eigenvalue weighted by Gasteiger charge is 2.26. The van der Waals surface area contributed by atoms with Crippen LogP contribution in [0.1, 0.15) is 11.6 Å². The Bertz CT molecular complexity index is 830. The van der Waals surface area contributed by atoms with Gasteiger partial charge in [0.2, 0.25) is 0 Å². The second-order valence-corrected chi connectivity index (χ2v) is 7.65. The van der Waals surface area contributed by atoms with Crippen LogP contribution in [-0.2, 0) is 9.59 Å². The fraction of sp³-hybridized carbons (Fsp3) is 0.391. The zero-order valence-electron chi connectivity index (χ0n) is 18.0. The first-order valence-electron chi connectivity index (χ1n) is 10.3. The van der Waals surface area contributed by atoms with Crippen molar-refractivity contribution in [3.63, 3.8) is 0 Å². The highest BCUT2D eigenvalue weighted by atomic mass is 16.2. The predicted molar refractivity (Wildman–Crippen MR) is 121 cm³/mol. The van der Waals surface area contributed by atoms with Crippen molar-refractivity contribution in [3.05, 3.63) is 60.2 Å². The summed E-state index contributed by atoms with van der Waals surface area (Å²) in [6.07, 6.45) is 0. The third-order valence-electron chi connectivity index (χ3n) is 5.56. The molecule has 0 aromatic heterocycles. The summed E-state index contributed by atoms with van der Waals surface area (Å²) < 4.78 is 0. The van der Waals surface area contributed by atoms with Crippen LogP contribution in [0.15, 0.2) is 54.6 Å². The highest BCUT2D eigenvalue weighted by Crippen LogP contribution is 2.25. The number of para-hydroxylation sites is 1. The Morgan fingerprint density at radius 2 is 1.57 bits per heavy atom. The van der Waals surface area contributed by atoms with Gasteiger partial charge in [0.1, 0.15) is 0 Å². The maximum Gasteiger partial charge on any atom is 0.309 e. The van der Waals surface area contributed by atoms with E-state index in [1.165, 1.54) is 12.7 Å².